The van der Waals surface area contributed by atoms with E-state index in [4.69, 9.17) is 0 Å². The van der Waals surface area contributed by atoms with E-state index in [1.54, 1.807) is 33.9 Å². The van der Waals surface area contributed by atoms with Gasteiger partial charge in [0.15, 0.2) is 5.65 Å². The van der Waals surface area contributed by atoms with Crippen LogP contribution in [-0.2, 0) is 13.6 Å². The molecule has 0 aromatic carbocycles. The van der Waals surface area contributed by atoms with E-state index in [9.17, 15) is 4.79 Å². The van der Waals surface area contributed by atoms with Gasteiger partial charge in [-0.25, -0.2) is 9.50 Å². The molecule has 3 aromatic heterocycles. The average Bonchev–Trinajstić information content (AvgIpc) is 3.02. The van der Waals surface area contributed by atoms with Gasteiger partial charge in [0.1, 0.15) is 5.56 Å². The molecule has 0 bridgehead atoms. The number of hydrogen-bond donors (Lipinski definition) is 1. The maximum Gasteiger partial charge on any atom is 0.257 e. The summed E-state index contributed by atoms with van der Waals surface area (Å²) in [6, 6.07) is 1.76. The molecule has 0 saturated carbocycles. The molecule has 0 aliphatic rings. The second kappa shape index (κ2) is 4.76. The van der Waals surface area contributed by atoms with E-state index in [-0.39, 0.29) is 5.91 Å². The lowest BCUT2D eigenvalue weighted by Gasteiger charge is -2.03. The molecule has 0 atom stereocenters. The summed E-state index contributed by atoms with van der Waals surface area (Å²) in [7, 11) is 1.87. The summed E-state index contributed by atoms with van der Waals surface area (Å²) >= 11 is 0. The Morgan fingerprint density at radius 2 is 2.20 bits per heavy atom. The molecule has 1 N–H and O–H groups in total. The maximum atomic E-state index is 12.2. The molecular formula is C13H14N6O. The zero-order chi connectivity index (χ0) is 14.1. The second-order valence-corrected chi connectivity index (χ2v) is 4.51. The molecule has 3 rings (SSSR count). The number of aromatic nitrogens is 5. The largest absolute Gasteiger partial charge is 0.348 e. The van der Waals surface area contributed by atoms with E-state index in [1.807, 2.05) is 14.0 Å². The molecule has 0 fully saturated rings. The molecule has 7 nitrogen and oxygen atoms in total. The van der Waals surface area contributed by atoms with Crippen molar-refractivity contribution in [2.75, 3.05) is 0 Å². The van der Waals surface area contributed by atoms with Crippen molar-refractivity contribution in [3.63, 3.8) is 0 Å². The summed E-state index contributed by atoms with van der Waals surface area (Å²) in [6.07, 6.45) is 6.67. The minimum Gasteiger partial charge on any atom is -0.348 e. The topological polar surface area (TPSA) is 77.1 Å². The first-order valence-corrected chi connectivity index (χ1v) is 6.21. The number of carbonyl (C=O) groups is 1. The van der Waals surface area contributed by atoms with Gasteiger partial charge < -0.3 is 5.32 Å². The van der Waals surface area contributed by atoms with Crippen molar-refractivity contribution in [3.05, 3.63) is 47.7 Å². The zero-order valence-corrected chi connectivity index (χ0v) is 11.2. The molecule has 102 valence electrons. The van der Waals surface area contributed by atoms with E-state index >= 15 is 0 Å². The van der Waals surface area contributed by atoms with Crippen molar-refractivity contribution >= 4 is 11.6 Å². The molecular weight excluding hydrogens is 256 g/mol. The van der Waals surface area contributed by atoms with Crippen LogP contribution in [0, 0.1) is 6.92 Å². The summed E-state index contributed by atoms with van der Waals surface area (Å²) in [5.74, 6) is -0.193. The highest BCUT2D eigenvalue weighted by Crippen LogP contribution is 2.08. The van der Waals surface area contributed by atoms with E-state index in [0.717, 1.165) is 11.3 Å². The standard InChI is InChI=1S/C13H14N6O/c1-9-10(7-16-18(9)2)6-15-13(20)11-8-17-19-5-3-4-14-12(11)19/h3-5,7-8H,6H2,1-2H3,(H,15,20). The van der Waals surface area contributed by atoms with Gasteiger partial charge in [0.25, 0.3) is 5.91 Å². The molecule has 0 unspecified atom stereocenters. The predicted molar refractivity (Wildman–Crippen MR) is 72.1 cm³/mol. The molecule has 3 aromatic rings. The Morgan fingerprint density at radius 3 is 2.95 bits per heavy atom. The Kier molecular flexibility index (Phi) is 2.94. The van der Waals surface area contributed by atoms with Gasteiger partial charge in [-0.05, 0) is 13.0 Å². The Labute approximate surface area is 115 Å². The van der Waals surface area contributed by atoms with Crippen molar-refractivity contribution in [3.8, 4) is 0 Å². The smallest absolute Gasteiger partial charge is 0.257 e. The lowest BCUT2D eigenvalue weighted by Crippen LogP contribution is -2.23. The lowest BCUT2D eigenvalue weighted by molar-refractivity contribution is 0.0952. The summed E-state index contributed by atoms with van der Waals surface area (Å²) in [4.78, 5) is 16.3. The molecule has 0 aliphatic heterocycles. The van der Waals surface area contributed by atoms with Gasteiger partial charge in [-0.15, -0.1) is 0 Å². The monoisotopic (exact) mass is 270 g/mol. The Hall–Kier alpha value is -2.70. The summed E-state index contributed by atoms with van der Waals surface area (Å²) in [6.45, 7) is 2.40. The van der Waals surface area contributed by atoms with Crippen LogP contribution in [0.4, 0.5) is 0 Å². The van der Waals surface area contributed by atoms with Gasteiger partial charge in [-0.1, -0.05) is 0 Å². The van der Waals surface area contributed by atoms with Crippen LogP contribution >= 0.6 is 0 Å². The van der Waals surface area contributed by atoms with E-state index in [1.165, 1.54) is 6.20 Å². The third-order valence-corrected chi connectivity index (χ3v) is 3.30. The number of amides is 1. The number of rotatable bonds is 3. The molecule has 20 heavy (non-hydrogen) atoms. The van der Waals surface area contributed by atoms with Gasteiger partial charge in [0.2, 0.25) is 0 Å². The van der Waals surface area contributed by atoms with E-state index < -0.39 is 0 Å². The van der Waals surface area contributed by atoms with Crippen LogP contribution in [0.25, 0.3) is 5.65 Å². The quantitative estimate of drug-likeness (QED) is 0.760. The molecule has 0 spiro atoms. The van der Waals surface area contributed by atoms with Gasteiger partial charge in [-0.2, -0.15) is 10.2 Å². The molecule has 3 heterocycles. The van der Waals surface area contributed by atoms with Crippen molar-refractivity contribution < 1.29 is 4.79 Å². The predicted octanol–water partition coefficient (Wildman–Crippen LogP) is 0.701. The van der Waals surface area contributed by atoms with Crippen LogP contribution in [0.3, 0.4) is 0 Å². The van der Waals surface area contributed by atoms with Crippen molar-refractivity contribution in [2.45, 2.75) is 13.5 Å². The first kappa shape index (κ1) is 12.3. The molecule has 0 aliphatic carbocycles. The number of nitrogens with zero attached hydrogens (tertiary/aromatic N) is 5. The highest BCUT2D eigenvalue weighted by atomic mass is 16.1. The first-order valence-electron chi connectivity index (χ1n) is 6.21. The molecule has 0 radical (unpaired) electrons. The SMILES string of the molecule is Cc1c(CNC(=O)c2cnn3cccnc23)cnn1C. The third kappa shape index (κ3) is 2.03. The van der Waals surface area contributed by atoms with Gasteiger partial charge in [0, 0.05) is 37.2 Å². The molecule has 7 heteroatoms. The number of aryl methyl sites for hydroxylation is 1. The van der Waals surface area contributed by atoms with Gasteiger partial charge >= 0.3 is 0 Å². The van der Waals surface area contributed by atoms with Crippen LogP contribution in [0.2, 0.25) is 0 Å². The minimum atomic E-state index is -0.193. The lowest BCUT2D eigenvalue weighted by atomic mass is 10.2. The van der Waals surface area contributed by atoms with E-state index in [0.29, 0.717) is 17.8 Å². The Bertz CT molecular complexity index is 772. The third-order valence-electron chi connectivity index (χ3n) is 3.30. The highest BCUT2D eigenvalue weighted by molar-refractivity contribution is 5.99. The second-order valence-electron chi connectivity index (χ2n) is 4.51. The highest BCUT2D eigenvalue weighted by Gasteiger charge is 2.14. The zero-order valence-electron chi connectivity index (χ0n) is 11.2. The van der Waals surface area contributed by atoms with Crippen molar-refractivity contribution in [2.24, 2.45) is 7.05 Å². The van der Waals surface area contributed by atoms with Crippen molar-refractivity contribution in [1.82, 2.24) is 29.7 Å². The van der Waals surface area contributed by atoms with Crippen LogP contribution in [0.5, 0.6) is 0 Å². The van der Waals surface area contributed by atoms with Gasteiger partial charge in [0.05, 0.1) is 12.4 Å². The summed E-state index contributed by atoms with van der Waals surface area (Å²) < 4.78 is 3.35. The van der Waals surface area contributed by atoms with Crippen LogP contribution in [-0.4, -0.2) is 30.3 Å². The van der Waals surface area contributed by atoms with Crippen LogP contribution < -0.4 is 5.32 Å². The fourth-order valence-electron chi connectivity index (χ4n) is 1.98. The number of nitrogens with one attached hydrogen (secondary N) is 1. The molecule has 0 saturated heterocycles. The fraction of sp³-hybridized carbons (Fsp3) is 0.231. The van der Waals surface area contributed by atoms with Gasteiger partial charge in [-0.3, -0.25) is 9.48 Å². The molecule has 1 amide bonds. The number of carbonyl (C=O) groups excluding carboxylic acids is 1. The number of fused-ring (bicyclic) bond motifs is 1. The van der Waals surface area contributed by atoms with Crippen LogP contribution in [0.1, 0.15) is 21.6 Å². The maximum absolute atomic E-state index is 12.2. The normalized spacial score (nSPS) is 10.9. The van der Waals surface area contributed by atoms with Crippen molar-refractivity contribution in [1.29, 1.82) is 0 Å². The van der Waals surface area contributed by atoms with Crippen LogP contribution in [0.15, 0.2) is 30.9 Å². The fourth-order valence-corrected chi connectivity index (χ4v) is 1.98. The average molecular weight is 270 g/mol. The summed E-state index contributed by atoms with van der Waals surface area (Å²) in [5, 5.41) is 11.1. The first-order chi connectivity index (χ1) is 9.66. The Balaban J connectivity index is 1.78. The summed E-state index contributed by atoms with van der Waals surface area (Å²) in [5.41, 5.74) is 3.04. The minimum absolute atomic E-state index is 0.193. The number of hydrogen-bond acceptors (Lipinski definition) is 4. The van der Waals surface area contributed by atoms with E-state index in [2.05, 4.69) is 20.5 Å². The Morgan fingerprint density at radius 1 is 1.35 bits per heavy atom.